The maximum absolute atomic E-state index is 11.5. The average Bonchev–Trinajstić information content (AvgIpc) is 2.37. The first kappa shape index (κ1) is 18.1. The van der Waals surface area contributed by atoms with E-state index in [-0.39, 0.29) is 6.09 Å². The van der Waals surface area contributed by atoms with Crippen LogP contribution in [0.2, 0.25) is 0 Å². The van der Waals surface area contributed by atoms with Gasteiger partial charge in [-0.25, -0.2) is 4.79 Å². The lowest BCUT2D eigenvalue weighted by atomic mass is 9.99. The molecular formula is C18H28N2O2. The Balaban J connectivity index is 2.47. The highest BCUT2D eigenvalue weighted by atomic mass is 16.6. The minimum absolute atomic E-state index is 0.387. The molecule has 3 N–H and O–H groups in total. The van der Waals surface area contributed by atoms with Crippen LogP contribution in [0.25, 0.3) is 6.08 Å². The summed E-state index contributed by atoms with van der Waals surface area (Å²) in [5, 5.41) is 2.73. The van der Waals surface area contributed by atoms with Crippen molar-refractivity contribution in [3.05, 3.63) is 35.4 Å². The van der Waals surface area contributed by atoms with Gasteiger partial charge in [0.25, 0.3) is 0 Å². The van der Waals surface area contributed by atoms with Crippen molar-refractivity contribution in [1.82, 2.24) is 5.32 Å². The van der Waals surface area contributed by atoms with Crippen molar-refractivity contribution in [2.75, 3.05) is 12.3 Å². The first-order chi connectivity index (χ1) is 10.2. The van der Waals surface area contributed by atoms with Crippen LogP contribution in [-0.4, -0.2) is 18.2 Å². The Labute approximate surface area is 133 Å². The summed E-state index contributed by atoms with van der Waals surface area (Å²) in [6, 6.07) is 6.10. The maximum Gasteiger partial charge on any atom is 0.407 e. The fourth-order valence-corrected chi connectivity index (χ4v) is 1.88. The highest BCUT2D eigenvalue weighted by Gasteiger charge is 2.15. The molecule has 0 fully saturated rings. The number of benzene rings is 1. The zero-order valence-electron chi connectivity index (χ0n) is 14.3. The molecule has 0 unspecified atom stereocenters. The first-order valence-corrected chi connectivity index (χ1v) is 7.72. The molecule has 0 atom stereocenters. The fourth-order valence-electron chi connectivity index (χ4n) is 1.88. The largest absolute Gasteiger partial charge is 0.444 e. The van der Waals surface area contributed by atoms with Gasteiger partial charge in [-0.05, 0) is 56.4 Å². The van der Waals surface area contributed by atoms with Gasteiger partial charge in [0.15, 0.2) is 0 Å². The number of nitrogen functional groups attached to an aromatic ring is 1. The highest BCUT2D eigenvalue weighted by Crippen LogP contribution is 2.21. The zero-order valence-corrected chi connectivity index (χ0v) is 14.3. The van der Waals surface area contributed by atoms with Gasteiger partial charge in [0.2, 0.25) is 0 Å². The van der Waals surface area contributed by atoms with E-state index in [0.717, 1.165) is 17.7 Å². The number of amides is 1. The predicted molar refractivity (Wildman–Crippen MR) is 92.8 cm³/mol. The van der Waals surface area contributed by atoms with Gasteiger partial charge in [-0.2, -0.15) is 0 Å². The molecule has 122 valence electrons. The van der Waals surface area contributed by atoms with E-state index in [1.165, 1.54) is 5.56 Å². The Morgan fingerprint density at radius 3 is 2.64 bits per heavy atom. The number of hydrogen-bond acceptors (Lipinski definition) is 3. The number of hydrogen-bond donors (Lipinski definition) is 2. The van der Waals surface area contributed by atoms with Crippen LogP contribution in [0.4, 0.5) is 10.5 Å². The standard InChI is InChI=1S/C18H28N2O2/c1-13(2)14-9-10-16(19)15(12-14)8-6-7-11-20-17(21)22-18(3,4)5/h6,8-10,12-13H,7,11,19H2,1-5H3,(H,20,21). The number of carbonyl (C=O) groups is 1. The van der Waals surface area contributed by atoms with Crippen molar-refractivity contribution in [3.63, 3.8) is 0 Å². The van der Waals surface area contributed by atoms with Crippen LogP contribution in [0.1, 0.15) is 58.1 Å². The summed E-state index contributed by atoms with van der Waals surface area (Å²) in [6.45, 7) is 10.4. The molecule has 0 radical (unpaired) electrons. The summed E-state index contributed by atoms with van der Waals surface area (Å²) >= 11 is 0. The number of carbonyl (C=O) groups excluding carboxylic acids is 1. The lowest BCUT2D eigenvalue weighted by Gasteiger charge is -2.19. The fraction of sp³-hybridized carbons (Fsp3) is 0.500. The summed E-state index contributed by atoms with van der Waals surface area (Å²) in [7, 11) is 0. The van der Waals surface area contributed by atoms with Crippen LogP contribution in [0.5, 0.6) is 0 Å². The van der Waals surface area contributed by atoms with Gasteiger partial charge in [0, 0.05) is 12.2 Å². The van der Waals surface area contributed by atoms with Crippen LogP contribution in [-0.2, 0) is 4.74 Å². The molecule has 4 nitrogen and oxygen atoms in total. The number of alkyl carbamates (subject to hydrolysis) is 1. The molecule has 1 amide bonds. The molecular weight excluding hydrogens is 276 g/mol. The first-order valence-electron chi connectivity index (χ1n) is 7.72. The molecule has 4 heteroatoms. The normalized spacial score (nSPS) is 11.9. The second-order valence-electron chi connectivity index (χ2n) is 6.66. The minimum atomic E-state index is -0.467. The van der Waals surface area contributed by atoms with Gasteiger partial charge in [-0.1, -0.05) is 32.1 Å². The van der Waals surface area contributed by atoms with Crippen molar-refractivity contribution in [2.45, 2.75) is 52.6 Å². The molecule has 0 heterocycles. The molecule has 0 aliphatic carbocycles. The second kappa shape index (κ2) is 7.87. The molecule has 0 saturated carbocycles. The van der Waals surface area contributed by atoms with Gasteiger partial charge in [-0.15, -0.1) is 0 Å². The van der Waals surface area contributed by atoms with Gasteiger partial charge in [0.1, 0.15) is 5.60 Å². The Kier molecular flexibility index (Phi) is 6.47. The van der Waals surface area contributed by atoms with Crippen LogP contribution in [0.3, 0.4) is 0 Å². The van der Waals surface area contributed by atoms with Gasteiger partial charge in [0.05, 0.1) is 0 Å². The van der Waals surface area contributed by atoms with Crippen LogP contribution in [0.15, 0.2) is 24.3 Å². The summed E-state index contributed by atoms with van der Waals surface area (Å²) in [4.78, 5) is 11.5. The average molecular weight is 304 g/mol. The molecule has 1 aromatic rings. The molecule has 0 saturated heterocycles. The third-order valence-electron chi connectivity index (χ3n) is 3.05. The van der Waals surface area contributed by atoms with Crippen molar-refractivity contribution in [2.24, 2.45) is 0 Å². The number of anilines is 1. The van der Waals surface area contributed by atoms with Crippen LogP contribution >= 0.6 is 0 Å². The lowest BCUT2D eigenvalue weighted by Crippen LogP contribution is -2.32. The van der Waals surface area contributed by atoms with E-state index in [2.05, 4.69) is 31.3 Å². The molecule has 22 heavy (non-hydrogen) atoms. The third kappa shape index (κ3) is 6.66. The number of nitrogens with one attached hydrogen (secondary N) is 1. The molecule has 0 bridgehead atoms. The minimum Gasteiger partial charge on any atom is -0.444 e. The SMILES string of the molecule is CC(C)c1ccc(N)c(C=CCCNC(=O)OC(C)(C)C)c1. The van der Waals surface area contributed by atoms with Crippen molar-refractivity contribution in [3.8, 4) is 0 Å². The quantitative estimate of drug-likeness (QED) is 0.629. The van der Waals surface area contributed by atoms with E-state index >= 15 is 0 Å². The molecule has 0 aromatic heterocycles. The monoisotopic (exact) mass is 304 g/mol. The van der Waals surface area contributed by atoms with Crippen LogP contribution in [0, 0.1) is 0 Å². The molecule has 0 spiro atoms. The number of rotatable bonds is 5. The molecule has 0 aliphatic rings. The van der Waals surface area contributed by atoms with Gasteiger partial charge < -0.3 is 15.8 Å². The third-order valence-corrected chi connectivity index (χ3v) is 3.05. The molecule has 1 rings (SSSR count). The highest BCUT2D eigenvalue weighted by molar-refractivity contribution is 5.68. The van der Waals surface area contributed by atoms with Gasteiger partial charge >= 0.3 is 6.09 Å². The molecule has 1 aromatic carbocycles. The van der Waals surface area contributed by atoms with Crippen molar-refractivity contribution >= 4 is 17.9 Å². The Morgan fingerprint density at radius 2 is 2.05 bits per heavy atom. The number of ether oxygens (including phenoxy) is 1. The van der Waals surface area contributed by atoms with Crippen molar-refractivity contribution in [1.29, 1.82) is 0 Å². The van der Waals surface area contributed by atoms with E-state index in [1.807, 2.05) is 39.0 Å². The smallest absolute Gasteiger partial charge is 0.407 e. The van der Waals surface area contributed by atoms with Crippen molar-refractivity contribution < 1.29 is 9.53 Å². The summed E-state index contributed by atoms with van der Waals surface area (Å²) in [5.74, 6) is 0.474. The van der Waals surface area contributed by atoms with E-state index in [9.17, 15) is 4.79 Å². The van der Waals surface area contributed by atoms with E-state index in [4.69, 9.17) is 10.5 Å². The van der Waals surface area contributed by atoms with Crippen LogP contribution < -0.4 is 11.1 Å². The second-order valence-corrected chi connectivity index (χ2v) is 6.66. The zero-order chi connectivity index (χ0) is 16.8. The Hall–Kier alpha value is -1.97. The van der Waals surface area contributed by atoms with Gasteiger partial charge in [-0.3, -0.25) is 0 Å². The lowest BCUT2D eigenvalue weighted by molar-refractivity contribution is 0.0529. The maximum atomic E-state index is 11.5. The predicted octanol–water partition coefficient (Wildman–Crippen LogP) is 4.32. The summed E-state index contributed by atoms with van der Waals surface area (Å²) in [5.41, 5.74) is 8.56. The molecule has 0 aliphatic heterocycles. The Bertz CT molecular complexity index is 528. The van der Waals surface area contributed by atoms with E-state index in [0.29, 0.717) is 12.5 Å². The summed E-state index contributed by atoms with van der Waals surface area (Å²) in [6.07, 6.45) is 4.35. The number of nitrogens with two attached hydrogens (primary N) is 1. The Morgan fingerprint density at radius 1 is 1.36 bits per heavy atom. The topological polar surface area (TPSA) is 64.3 Å². The summed E-state index contributed by atoms with van der Waals surface area (Å²) < 4.78 is 5.17. The van der Waals surface area contributed by atoms with E-state index < -0.39 is 5.60 Å². The van der Waals surface area contributed by atoms with E-state index in [1.54, 1.807) is 0 Å².